The van der Waals surface area contributed by atoms with Crippen LogP contribution in [0.2, 0.25) is 0 Å². The molecule has 0 bridgehead atoms. The summed E-state index contributed by atoms with van der Waals surface area (Å²) in [7, 11) is 1.83. The number of ether oxygens (including phenoxy) is 1. The standard InChI is InChI=1S/C15H26N4O2/c1-14(2,3)21-13(20)19-8-6-7-15(4,10-19)11-9-12(16)18(5)17-11/h9H,6-8,10,16H2,1-5H3. The highest BCUT2D eigenvalue weighted by Crippen LogP contribution is 2.34. The van der Waals surface area contributed by atoms with E-state index in [1.54, 1.807) is 9.58 Å². The molecule has 2 rings (SSSR count). The molecule has 1 aromatic heterocycles. The lowest BCUT2D eigenvalue weighted by molar-refractivity contribution is 0.0143. The van der Waals surface area contributed by atoms with Crippen molar-refractivity contribution in [1.29, 1.82) is 0 Å². The van der Waals surface area contributed by atoms with Crippen LogP contribution in [-0.4, -0.2) is 39.5 Å². The number of anilines is 1. The van der Waals surface area contributed by atoms with Gasteiger partial charge in [-0.05, 0) is 33.6 Å². The second-order valence-corrected chi connectivity index (χ2v) is 7.14. The molecule has 1 unspecified atom stereocenters. The number of carbonyl (C=O) groups is 1. The zero-order valence-electron chi connectivity index (χ0n) is 13.6. The average molecular weight is 294 g/mol. The fourth-order valence-electron chi connectivity index (χ4n) is 2.71. The number of hydrogen-bond acceptors (Lipinski definition) is 4. The van der Waals surface area contributed by atoms with E-state index in [4.69, 9.17) is 10.5 Å². The van der Waals surface area contributed by atoms with Gasteiger partial charge in [0, 0.05) is 31.6 Å². The summed E-state index contributed by atoms with van der Waals surface area (Å²) >= 11 is 0. The van der Waals surface area contributed by atoms with Gasteiger partial charge in [0.15, 0.2) is 0 Å². The van der Waals surface area contributed by atoms with Crippen molar-refractivity contribution in [2.45, 2.75) is 51.6 Å². The smallest absolute Gasteiger partial charge is 0.410 e. The molecule has 2 N–H and O–H groups in total. The van der Waals surface area contributed by atoms with Crippen LogP contribution in [0.15, 0.2) is 6.07 Å². The zero-order chi connectivity index (χ0) is 15.8. The number of aromatic nitrogens is 2. The number of rotatable bonds is 1. The van der Waals surface area contributed by atoms with Crippen molar-refractivity contribution in [3.8, 4) is 0 Å². The first-order chi connectivity index (χ1) is 9.61. The highest BCUT2D eigenvalue weighted by molar-refractivity contribution is 5.68. The number of nitrogens with two attached hydrogens (primary N) is 1. The summed E-state index contributed by atoms with van der Waals surface area (Å²) in [6.45, 7) is 9.12. The first-order valence-electron chi connectivity index (χ1n) is 7.39. The number of hydrogen-bond donors (Lipinski definition) is 1. The molecule has 1 aliphatic rings. The van der Waals surface area contributed by atoms with Crippen LogP contribution in [0.5, 0.6) is 0 Å². The van der Waals surface area contributed by atoms with E-state index in [-0.39, 0.29) is 11.5 Å². The Morgan fingerprint density at radius 3 is 2.67 bits per heavy atom. The molecule has 118 valence electrons. The maximum atomic E-state index is 12.3. The summed E-state index contributed by atoms with van der Waals surface area (Å²) in [5.74, 6) is 0.639. The fraction of sp³-hybridized carbons (Fsp3) is 0.733. The van der Waals surface area contributed by atoms with Crippen molar-refractivity contribution < 1.29 is 9.53 Å². The number of piperidine rings is 1. The van der Waals surface area contributed by atoms with E-state index >= 15 is 0 Å². The number of nitrogen functional groups attached to an aromatic ring is 1. The maximum absolute atomic E-state index is 12.3. The van der Waals surface area contributed by atoms with Gasteiger partial charge >= 0.3 is 6.09 Å². The van der Waals surface area contributed by atoms with Crippen molar-refractivity contribution in [3.63, 3.8) is 0 Å². The van der Waals surface area contributed by atoms with E-state index in [1.165, 1.54) is 0 Å². The predicted molar refractivity (Wildman–Crippen MR) is 82.0 cm³/mol. The van der Waals surface area contributed by atoms with Crippen molar-refractivity contribution in [1.82, 2.24) is 14.7 Å². The summed E-state index contributed by atoms with van der Waals surface area (Å²) < 4.78 is 7.15. The predicted octanol–water partition coefficient (Wildman–Crippen LogP) is 2.29. The molecule has 1 amide bonds. The molecule has 0 aliphatic carbocycles. The Balaban J connectivity index is 2.14. The van der Waals surface area contributed by atoms with Crippen molar-refractivity contribution >= 4 is 11.9 Å². The third-order valence-corrected chi connectivity index (χ3v) is 3.88. The van der Waals surface area contributed by atoms with E-state index in [1.807, 2.05) is 33.9 Å². The lowest BCUT2D eigenvalue weighted by atomic mass is 9.79. The van der Waals surface area contributed by atoms with Gasteiger partial charge in [-0.15, -0.1) is 0 Å². The van der Waals surface area contributed by atoms with Crippen LogP contribution in [-0.2, 0) is 17.2 Å². The molecule has 1 saturated heterocycles. The van der Waals surface area contributed by atoms with Gasteiger partial charge in [-0.3, -0.25) is 4.68 Å². The average Bonchev–Trinajstić information content (AvgIpc) is 2.68. The molecule has 6 nitrogen and oxygen atoms in total. The summed E-state index contributed by atoms with van der Waals surface area (Å²) in [6, 6.07) is 1.90. The SMILES string of the molecule is Cn1nc(C2(C)CCCN(C(=O)OC(C)(C)C)C2)cc1N. The van der Waals surface area contributed by atoms with Crippen molar-refractivity contribution in [3.05, 3.63) is 11.8 Å². The highest BCUT2D eigenvalue weighted by atomic mass is 16.6. The Hall–Kier alpha value is -1.72. The van der Waals surface area contributed by atoms with Crippen molar-refractivity contribution in [2.75, 3.05) is 18.8 Å². The molecule has 1 aromatic rings. The molecule has 0 saturated carbocycles. The Morgan fingerprint density at radius 2 is 2.14 bits per heavy atom. The molecule has 2 heterocycles. The van der Waals surface area contributed by atoms with Crippen LogP contribution in [0.25, 0.3) is 0 Å². The normalized spacial score (nSPS) is 23.2. The van der Waals surface area contributed by atoms with Crippen LogP contribution >= 0.6 is 0 Å². The monoisotopic (exact) mass is 294 g/mol. The number of likely N-dealkylation sites (tertiary alicyclic amines) is 1. The minimum absolute atomic E-state index is 0.176. The quantitative estimate of drug-likeness (QED) is 0.862. The van der Waals surface area contributed by atoms with Crippen LogP contribution in [0.4, 0.5) is 10.6 Å². The first-order valence-corrected chi connectivity index (χ1v) is 7.39. The van der Waals surface area contributed by atoms with E-state index in [0.717, 1.165) is 25.1 Å². The van der Waals surface area contributed by atoms with Crippen LogP contribution in [0, 0.1) is 0 Å². The van der Waals surface area contributed by atoms with E-state index in [0.29, 0.717) is 12.4 Å². The molecular weight excluding hydrogens is 268 g/mol. The molecule has 1 atom stereocenters. The van der Waals surface area contributed by atoms with Crippen LogP contribution in [0.1, 0.15) is 46.2 Å². The minimum atomic E-state index is -0.472. The Morgan fingerprint density at radius 1 is 1.48 bits per heavy atom. The largest absolute Gasteiger partial charge is 0.444 e. The van der Waals surface area contributed by atoms with Crippen LogP contribution in [0.3, 0.4) is 0 Å². The van der Waals surface area contributed by atoms with Gasteiger partial charge in [0.2, 0.25) is 0 Å². The summed E-state index contributed by atoms with van der Waals surface area (Å²) in [6.07, 6.45) is 1.67. The molecule has 0 radical (unpaired) electrons. The summed E-state index contributed by atoms with van der Waals surface area (Å²) in [5.41, 5.74) is 6.17. The second-order valence-electron chi connectivity index (χ2n) is 7.14. The lowest BCUT2D eigenvalue weighted by Gasteiger charge is -2.39. The Kier molecular flexibility index (Phi) is 3.91. The molecule has 6 heteroatoms. The molecule has 21 heavy (non-hydrogen) atoms. The van der Waals surface area contributed by atoms with Gasteiger partial charge in [0.05, 0.1) is 5.69 Å². The van der Waals surface area contributed by atoms with Gasteiger partial charge in [-0.1, -0.05) is 6.92 Å². The number of carbonyl (C=O) groups excluding carboxylic acids is 1. The first kappa shape index (κ1) is 15.7. The summed E-state index contributed by atoms with van der Waals surface area (Å²) in [5, 5.41) is 4.49. The topological polar surface area (TPSA) is 73.4 Å². The molecule has 0 spiro atoms. The van der Waals surface area contributed by atoms with E-state index in [9.17, 15) is 4.79 Å². The highest BCUT2D eigenvalue weighted by Gasteiger charge is 2.38. The number of amides is 1. The zero-order valence-corrected chi connectivity index (χ0v) is 13.6. The van der Waals surface area contributed by atoms with Gasteiger partial charge in [-0.2, -0.15) is 5.10 Å². The van der Waals surface area contributed by atoms with Crippen molar-refractivity contribution in [2.24, 2.45) is 7.05 Å². The fourth-order valence-corrected chi connectivity index (χ4v) is 2.71. The third-order valence-electron chi connectivity index (χ3n) is 3.88. The third kappa shape index (κ3) is 3.49. The lowest BCUT2D eigenvalue weighted by Crippen LogP contribution is -2.48. The van der Waals surface area contributed by atoms with Gasteiger partial charge in [0.25, 0.3) is 0 Å². The number of aryl methyl sites for hydroxylation is 1. The maximum Gasteiger partial charge on any atom is 0.410 e. The van der Waals surface area contributed by atoms with Gasteiger partial charge in [-0.25, -0.2) is 4.79 Å². The second kappa shape index (κ2) is 5.24. The molecular formula is C15H26N4O2. The number of nitrogens with zero attached hydrogens (tertiary/aromatic N) is 3. The van der Waals surface area contributed by atoms with Gasteiger partial charge in [0.1, 0.15) is 11.4 Å². The minimum Gasteiger partial charge on any atom is -0.444 e. The van der Waals surface area contributed by atoms with Crippen LogP contribution < -0.4 is 5.73 Å². The molecule has 1 aliphatic heterocycles. The van der Waals surface area contributed by atoms with E-state index in [2.05, 4.69) is 12.0 Å². The molecule has 0 aromatic carbocycles. The molecule has 1 fully saturated rings. The summed E-state index contributed by atoms with van der Waals surface area (Å²) in [4.78, 5) is 14.0. The Labute approximate surface area is 126 Å². The van der Waals surface area contributed by atoms with Gasteiger partial charge < -0.3 is 15.4 Å². The Bertz CT molecular complexity index is 513. The van der Waals surface area contributed by atoms with E-state index < -0.39 is 5.60 Å².